The number of nitrogen functional groups attached to an aromatic ring is 1. The molecule has 0 bridgehead atoms. The van der Waals surface area contributed by atoms with Crippen LogP contribution in [0.15, 0.2) is 47.1 Å². The van der Waals surface area contributed by atoms with Gasteiger partial charge in [-0.25, -0.2) is 0 Å². The second-order valence-corrected chi connectivity index (χ2v) is 6.08. The second kappa shape index (κ2) is 6.81. The molecule has 128 valence electrons. The molecule has 3 aromatic rings. The third kappa shape index (κ3) is 3.26. The molecule has 2 aromatic carbocycles. The number of hydrogen-bond acceptors (Lipinski definition) is 4. The van der Waals surface area contributed by atoms with Gasteiger partial charge >= 0.3 is 0 Å². The van der Waals surface area contributed by atoms with E-state index in [2.05, 4.69) is 12.2 Å². The summed E-state index contributed by atoms with van der Waals surface area (Å²) in [6.45, 7) is 4.07. The molecule has 0 spiro atoms. The van der Waals surface area contributed by atoms with Gasteiger partial charge < -0.3 is 20.3 Å². The number of aldehydes is 1. The lowest BCUT2D eigenvalue weighted by molar-refractivity contribution is -0.108. The van der Waals surface area contributed by atoms with E-state index in [1.54, 1.807) is 18.4 Å². The first-order valence-electron chi connectivity index (χ1n) is 8.20. The average molecular weight is 335 g/mol. The van der Waals surface area contributed by atoms with Crippen LogP contribution in [0.2, 0.25) is 0 Å². The molecule has 5 heteroatoms. The lowest BCUT2D eigenvalue weighted by Crippen LogP contribution is -2.13. The molecule has 0 fully saturated rings. The third-order valence-corrected chi connectivity index (χ3v) is 4.36. The molecule has 0 amide bonds. The normalized spacial score (nSPS) is 12.1. The van der Waals surface area contributed by atoms with Crippen molar-refractivity contribution in [2.75, 3.05) is 5.32 Å². The summed E-state index contributed by atoms with van der Waals surface area (Å²) in [7, 11) is 0. The Morgan fingerprint density at radius 3 is 2.64 bits per heavy atom. The number of fused-ring (bicyclic) bond motifs is 1. The van der Waals surface area contributed by atoms with E-state index >= 15 is 0 Å². The summed E-state index contributed by atoms with van der Waals surface area (Å²) in [5, 5.41) is 11.7. The van der Waals surface area contributed by atoms with E-state index < -0.39 is 6.04 Å². The van der Waals surface area contributed by atoms with Crippen molar-refractivity contribution in [2.24, 2.45) is 5.73 Å². The van der Waals surface area contributed by atoms with Crippen LogP contribution in [0.5, 0.6) is 0 Å². The van der Waals surface area contributed by atoms with Gasteiger partial charge in [0.25, 0.3) is 0 Å². The molecule has 4 N–H and O–H groups in total. The van der Waals surface area contributed by atoms with E-state index in [-0.39, 0.29) is 5.84 Å². The molecule has 5 nitrogen and oxygen atoms in total. The maximum Gasteiger partial charge on any atom is 0.146 e. The van der Waals surface area contributed by atoms with Gasteiger partial charge in [-0.1, -0.05) is 6.92 Å². The van der Waals surface area contributed by atoms with E-state index in [4.69, 9.17) is 15.6 Å². The third-order valence-electron chi connectivity index (χ3n) is 4.36. The number of rotatable bonds is 6. The number of aryl methyl sites for hydroxylation is 2. The van der Waals surface area contributed by atoms with Crippen molar-refractivity contribution >= 4 is 28.8 Å². The van der Waals surface area contributed by atoms with E-state index in [9.17, 15) is 4.79 Å². The van der Waals surface area contributed by atoms with Gasteiger partial charge in [0.1, 0.15) is 23.7 Å². The average Bonchev–Trinajstić information content (AvgIpc) is 3.00. The van der Waals surface area contributed by atoms with Crippen molar-refractivity contribution in [1.82, 2.24) is 0 Å². The first-order chi connectivity index (χ1) is 12.0. The highest BCUT2D eigenvalue weighted by molar-refractivity contribution is 5.95. The van der Waals surface area contributed by atoms with Gasteiger partial charge in [-0.05, 0) is 66.4 Å². The van der Waals surface area contributed by atoms with Crippen molar-refractivity contribution in [3.8, 4) is 0 Å². The Balaban J connectivity index is 1.95. The summed E-state index contributed by atoms with van der Waals surface area (Å²) in [6.07, 6.45) is 3.47. The summed E-state index contributed by atoms with van der Waals surface area (Å²) in [4.78, 5) is 11.7. The van der Waals surface area contributed by atoms with Crippen LogP contribution in [0.4, 0.5) is 5.69 Å². The Labute approximate surface area is 146 Å². The van der Waals surface area contributed by atoms with Gasteiger partial charge in [-0.15, -0.1) is 0 Å². The molecule has 1 aromatic heterocycles. The minimum absolute atomic E-state index is 0.0203. The number of anilines is 1. The number of hydrogen-bond donors (Lipinski definition) is 3. The van der Waals surface area contributed by atoms with Crippen molar-refractivity contribution in [3.63, 3.8) is 0 Å². The fraction of sp³-hybridized carbons (Fsp3) is 0.200. The highest BCUT2D eigenvalue weighted by Gasteiger charge is 2.15. The fourth-order valence-corrected chi connectivity index (χ4v) is 2.92. The zero-order valence-corrected chi connectivity index (χ0v) is 14.3. The van der Waals surface area contributed by atoms with E-state index in [1.165, 1.54) is 0 Å². The Bertz CT molecular complexity index is 926. The molecular weight excluding hydrogens is 314 g/mol. The van der Waals surface area contributed by atoms with Gasteiger partial charge in [0.15, 0.2) is 0 Å². The van der Waals surface area contributed by atoms with Crippen molar-refractivity contribution < 1.29 is 9.21 Å². The maximum absolute atomic E-state index is 11.7. The van der Waals surface area contributed by atoms with Crippen LogP contribution in [-0.4, -0.2) is 12.1 Å². The van der Waals surface area contributed by atoms with Crippen LogP contribution in [0, 0.1) is 12.3 Å². The number of carbonyl (C=O) groups is 1. The second-order valence-electron chi connectivity index (χ2n) is 6.08. The number of nitrogens with one attached hydrogen (secondary N) is 2. The van der Waals surface area contributed by atoms with Crippen LogP contribution in [0.1, 0.15) is 35.2 Å². The Morgan fingerprint density at radius 2 is 2.04 bits per heavy atom. The Morgan fingerprint density at radius 1 is 1.32 bits per heavy atom. The molecule has 3 rings (SSSR count). The molecule has 0 aliphatic rings. The molecule has 25 heavy (non-hydrogen) atoms. The monoisotopic (exact) mass is 335 g/mol. The maximum atomic E-state index is 11.7. The van der Waals surface area contributed by atoms with Gasteiger partial charge in [-0.3, -0.25) is 5.41 Å². The molecule has 1 unspecified atom stereocenters. The smallest absolute Gasteiger partial charge is 0.146 e. The van der Waals surface area contributed by atoms with Gasteiger partial charge in [0.05, 0.1) is 6.26 Å². The predicted molar refractivity (Wildman–Crippen MR) is 100 cm³/mol. The van der Waals surface area contributed by atoms with Crippen molar-refractivity contribution in [2.45, 2.75) is 26.3 Å². The minimum atomic E-state index is -0.466. The number of nitrogens with two attached hydrogens (primary N) is 1. The van der Waals surface area contributed by atoms with Crippen molar-refractivity contribution in [3.05, 3.63) is 64.9 Å². The number of amidine groups is 1. The summed E-state index contributed by atoms with van der Waals surface area (Å²) in [5.41, 5.74) is 10.8. The number of furan rings is 1. The molecule has 1 atom stereocenters. The Hall–Kier alpha value is -3.08. The van der Waals surface area contributed by atoms with Crippen LogP contribution < -0.4 is 11.1 Å². The van der Waals surface area contributed by atoms with Crippen LogP contribution >= 0.6 is 0 Å². The highest BCUT2D eigenvalue weighted by Crippen LogP contribution is 2.29. The van der Waals surface area contributed by atoms with Gasteiger partial charge in [0, 0.05) is 16.6 Å². The topological polar surface area (TPSA) is 92.1 Å². The Kier molecular flexibility index (Phi) is 4.57. The molecule has 0 aliphatic heterocycles. The van der Waals surface area contributed by atoms with Crippen LogP contribution in [0.25, 0.3) is 11.0 Å². The molecule has 0 saturated carbocycles. The summed E-state index contributed by atoms with van der Waals surface area (Å²) in [5.74, 6) is 0.0203. The molecule has 0 radical (unpaired) electrons. The molecule has 0 aliphatic carbocycles. The van der Waals surface area contributed by atoms with Gasteiger partial charge in [-0.2, -0.15) is 0 Å². The number of benzene rings is 2. The zero-order valence-electron chi connectivity index (χ0n) is 14.3. The first kappa shape index (κ1) is 16.8. The standard InChI is InChI=1S/C20H21N3O2/c1-3-13-8-15(9-17-12(2)11-25-19(13)17)18(10-24)23-16-6-4-14(5-7-16)20(21)22/h4-11,18,23H,3H2,1-2H3,(H3,21,22). The first-order valence-corrected chi connectivity index (χ1v) is 8.20. The molecule has 0 saturated heterocycles. The molecule has 1 heterocycles. The summed E-state index contributed by atoms with van der Waals surface area (Å²) < 4.78 is 5.65. The highest BCUT2D eigenvalue weighted by atomic mass is 16.3. The fourth-order valence-electron chi connectivity index (χ4n) is 2.92. The predicted octanol–water partition coefficient (Wildman–Crippen LogP) is 3.94. The van der Waals surface area contributed by atoms with Crippen LogP contribution in [-0.2, 0) is 11.2 Å². The van der Waals surface area contributed by atoms with E-state index in [0.717, 1.165) is 46.1 Å². The lowest BCUT2D eigenvalue weighted by atomic mass is 9.99. The zero-order chi connectivity index (χ0) is 18.0. The quantitative estimate of drug-likeness (QED) is 0.361. The summed E-state index contributed by atoms with van der Waals surface area (Å²) in [6, 6.07) is 10.7. The minimum Gasteiger partial charge on any atom is -0.464 e. The van der Waals surface area contributed by atoms with E-state index in [0.29, 0.717) is 5.56 Å². The molecular formula is C20H21N3O2. The lowest BCUT2D eigenvalue weighted by Gasteiger charge is -2.16. The van der Waals surface area contributed by atoms with Gasteiger partial charge in [0.2, 0.25) is 0 Å². The summed E-state index contributed by atoms with van der Waals surface area (Å²) >= 11 is 0. The van der Waals surface area contributed by atoms with Crippen LogP contribution in [0.3, 0.4) is 0 Å². The largest absolute Gasteiger partial charge is 0.464 e. The SMILES string of the molecule is CCc1cc(C(C=O)Nc2ccc(C(=N)N)cc2)cc2c(C)coc12. The van der Waals surface area contributed by atoms with Crippen molar-refractivity contribution in [1.29, 1.82) is 5.41 Å². The van der Waals surface area contributed by atoms with E-state index in [1.807, 2.05) is 31.2 Å². The number of carbonyl (C=O) groups excluding carboxylic acids is 1.